The maximum absolute atomic E-state index is 8.90. The summed E-state index contributed by atoms with van der Waals surface area (Å²) < 4.78 is 0. The predicted molar refractivity (Wildman–Crippen MR) is 71.9 cm³/mol. The van der Waals surface area contributed by atoms with Crippen LogP contribution in [0.5, 0.6) is 0 Å². The van der Waals surface area contributed by atoms with Gasteiger partial charge in [0.2, 0.25) is 0 Å². The third-order valence-corrected chi connectivity index (χ3v) is 3.79. The first-order chi connectivity index (χ1) is 7.74. The van der Waals surface area contributed by atoms with Crippen molar-refractivity contribution in [2.24, 2.45) is 5.41 Å². The van der Waals surface area contributed by atoms with Crippen molar-refractivity contribution in [1.82, 2.24) is 10.3 Å². The molecule has 1 aromatic rings. The highest BCUT2D eigenvalue weighted by Crippen LogP contribution is 2.26. The minimum Gasteiger partial charge on any atom is -0.310 e. The largest absolute Gasteiger partial charge is 0.310 e. The van der Waals surface area contributed by atoms with E-state index in [4.69, 9.17) is 5.26 Å². The van der Waals surface area contributed by atoms with E-state index >= 15 is 0 Å². The molecular weight excluding hydrogens is 230 g/mol. The van der Waals surface area contributed by atoms with Crippen LogP contribution in [0.25, 0.3) is 0 Å². The molecule has 0 aromatic carbocycles. The maximum Gasteiger partial charge on any atom is 0.0981 e. The summed E-state index contributed by atoms with van der Waals surface area (Å²) in [7, 11) is 0. The van der Waals surface area contributed by atoms with E-state index in [2.05, 4.69) is 37.1 Å². The van der Waals surface area contributed by atoms with Crippen molar-refractivity contribution in [2.75, 3.05) is 6.54 Å². The van der Waals surface area contributed by atoms with Gasteiger partial charge in [-0.25, -0.2) is 4.98 Å². The van der Waals surface area contributed by atoms with E-state index in [0.29, 0.717) is 6.54 Å². The molecule has 0 bridgehead atoms. The second-order valence-electron chi connectivity index (χ2n) is 5.98. The summed E-state index contributed by atoms with van der Waals surface area (Å²) in [6.07, 6.45) is 1.93. The van der Waals surface area contributed by atoms with E-state index in [-0.39, 0.29) is 10.8 Å². The molecule has 0 aliphatic carbocycles. The highest BCUT2D eigenvalue weighted by atomic mass is 32.1. The van der Waals surface area contributed by atoms with E-state index in [1.165, 1.54) is 4.88 Å². The van der Waals surface area contributed by atoms with E-state index in [1.807, 2.05) is 20.0 Å². The molecule has 17 heavy (non-hydrogen) atoms. The lowest BCUT2D eigenvalue weighted by Gasteiger charge is -2.15. The standard InChI is InChI=1S/C13H21N3S/c1-12(2,3)11-16-7-10(17-11)6-15-9-13(4,5)8-14/h7,15H,6,9H2,1-5H3. The fourth-order valence-corrected chi connectivity index (χ4v) is 2.21. The van der Waals surface area contributed by atoms with Gasteiger partial charge in [-0.2, -0.15) is 5.26 Å². The molecule has 1 heterocycles. The molecule has 0 saturated carbocycles. The van der Waals surface area contributed by atoms with Gasteiger partial charge < -0.3 is 5.32 Å². The summed E-state index contributed by atoms with van der Waals surface area (Å²) >= 11 is 1.74. The zero-order valence-corrected chi connectivity index (χ0v) is 12.1. The molecule has 0 radical (unpaired) electrons. The first kappa shape index (κ1) is 14.1. The van der Waals surface area contributed by atoms with Crippen molar-refractivity contribution < 1.29 is 0 Å². The second kappa shape index (κ2) is 5.16. The van der Waals surface area contributed by atoms with Crippen LogP contribution in [0.2, 0.25) is 0 Å². The lowest BCUT2D eigenvalue weighted by molar-refractivity contribution is 0.446. The van der Waals surface area contributed by atoms with Crippen molar-refractivity contribution in [3.63, 3.8) is 0 Å². The highest BCUT2D eigenvalue weighted by Gasteiger charge is 2.19. The first-order valence-electron chi connectivity index (χ1n) is 5.82. The van der Waals surface area contributed by atoms with Gasteiger partial charge in [0.15, 0.2) is 0 Å². The number of hydrogen-bond acceptors (Lipinski definition) is 4. The molecule has 0 atom stereocenters. The Kier molecular flexibility index (Phi) is 4.29. The summed E-state index contributed by atoms with van der Waals surface area (Å²) in [5.41, 5.74) is -0.188. The zero-order chi connectivity index (χ0) is 13.1. The van der Waals surface area contributed by atoms with Crippen LogP contribution in [-0.4, -0.2) is 11.5 Å². The smallest absolute Gasteiger partial charge is 0.0981 e. The van der Waals surface area contributed by atoms with Crippen molar-refractivity contribution in [2.45, 2.75) is 46.6 Å². The fraction of sp³-hybridized carbons (Fsp3) is 0.692. The van der Waals surface area contributed by atoms with Crippen molar-refractivity contribution >= 4 is 11.3 Å². The molecule has 0 amide bonds. The van der Waals surface area contributed by atoms with Gasteiger partial charge >= 0.3 is 0 Å². The molecule has 0 fully saturated rings. The molecule has 0 spiro atoms. The lowest BCUT2D eigenvalue weighted by atomic mass is 9.96. The van der Waals surface area contributed by atoms with Gasteiger partial charge in [-0.15, -0.1) is 11.3 Å². The number of thiazole rings is 1. The monoisotopic (exact) mass is 251 g/mol. The Morgan fingerprint density at radius 2 is 2.00 bits per heavy atom. The van der Waals surface area contributed by atoms with Gasteiger partial charge in [0.05, 0.1) is 16.5 Å². The quantitative estimate of drug-likeness (QED) is 0.894. The Labute approximate surface area is 108 Å². The second-order valence-corrected chi connectivity index (χ2v) is 7.10. The molecule has 0 saturated heterocycles. The van der Waals surface area contributed by atoms with E-state index in [9.17, 15) is 0 Å². The molecule has 4 heteroatoms. The van der Waals surface area contributed by atoms with E-state index in [0.717, 1.165) is 11.6 Å². The summed E-state index contributed by atoms with van der Waals surface area (Å²) in [5.74, 6) is 0. The molecule has 0 aliphatic heterocycles. The molecule has 0 unspecified atom stereocenters. The number of nitrogens with one attached hydrogen (secondary N) is 1. The molecule has 1 aromatic heterocycles. The minimum atomic E-state index is -0.308. The average Bonchev–Trinajstić information content (AvgIpc) is 2.66. The third-order valence-electron chi connectivity index (χ3n) is 2.36. The molecular formula is C13H21N3S. The number of nitrogens with zero attached hydrogens (tertiary/aromatic N) is 2. The number of nitriles is 1. The molecule has 94 valence electrons. The number of aromatic nitrogens is 1. The van der Waals surface area contributed by atoms with Crippen LogP contribution in [0, 0.1) is 16.7 Å². The van der Waals surface area contributed by atoms with Crippen LogP contribution in [0.15, 0.2) is 6.20 Å². The highest BCUT2D eigenvalue weighted by molar-refractivity contribution is 7.11. The van der Waals surface area contributed by atoms with E-state index < -0.39 is 0 Å². The van der Waals surface area contributed by atoms with Crippen LogP contribution in [0.4, 0.5) is 0 Å². The van der Waals surface area contributed by atoms with Gasteiger partial charge in [0, 0.05) is 29.6 Å². The molecule has 1 rings (SSSR count). The van der Waals surface area contributed by atoms with Crippen LogP contribution in [0.1, 0.15) is 44.5 Å². The third kappa shape index (κ3) is 4.45. The Bertz CT molecular complexity index is 407. The first-order valence-corrected chi connectivity index (χ1v) is 6.63. The fourth-order valence-electron chi connectivity index (χ4n) is 1.27. The summed E-state index contributed by atoms with van der Waals surface area (Å²) in [5, 5.41) is 13.4. The summed E-state index contributed by atoms with van der Waals surface area (Å²) in [6, 6.07) is 2.28. The Morgan fingerprint density at radius 3 is 2.47 bits per heavy atom. The zero-order valence-electron chi connectivity index (χ0n) is 11.3. The van der Waals surface area contributed by atoms with Gasteiger partial charge in [-0.05, 0) is 13.8 Å². The molecule has 3 nitrogen and oxygen atoms in total. The van der Waals surface area contributed by atoms with Crippen LogP contribution in [0.3, 0.4) is 0 Å². The SMILES string of the molecule is CC(C)(C#N)CNCc1cnc(C(C)(C)C)s1. The molecule has 0 aliphatic rings. The van der Waals surface area contributed by atoms with Crippen molar-refractivity contribution in [1.29, 1.82) is 5.26 Å². The molecule has 1 N–H and O–H groups in total. The Hall–Kier alpha value is -0.920. The Morgan fingerprint density at radius 1 is 1.35 bits per heavy atom. The predicted octanol–water partition coefficient (Wildman–Crippen LogP) is 3.08. The van der Waals surface area contributed by atoms with E-state index in [1.54, 1.807) is 11.3 Å². The lowest BCUT2D eigenvalue weighted by Crippen LogP contribution is -2.27. The van der Waals surface area contributed by atoms with Crippen LogP contribution >= 0.6 is 11.3 Å². The maximum atomic E-state index is 8.90. The van der Waals surface area contributed by atoms with Crippen molar-refractivity contribution in [3.8, 4) is 6.07 Å². The van der Waals surface area contributed by atoms with Crippen molar-refractivity contribution in [3.05, 3.63) is 16.1 Å². The topological polar surface area (TPSA) is 48.7 Å². The summed E-state index contributed by atoms with van der Waals surface area (Å²) in [4.78, 5) is 5.66. The number of hydrogen-bond donors (Lipinski definition) is 1. The van der Waals surface area contributed by atoms with Gasteiger partial charge in [-0.1, -0.05) is 20.8 Å². The van der Waals surface area contributed by atoms with Gasteiger partial charge in [-0.3, -0.25) is 0 Å². The Balaban J connectivity index is 2.49. The number of rotatable bonds is 4. The average molecular weight is 251 g/mol. The minimum absolute atomic E-state index is 0.120. The summed E-state index contributed by atoms with van der Waals surface area (Å²) in [6.45, 7) is 11.9. The van der Waals surface area contributed by atoms with Crippen LogP contribution in [-0.2, 0) is 12.0 Å². The van der Waals surface area contributed by atoms with Gasteiger partial charge in [0.25, 0.3) is 0 Å². The normalized spacial score (nSPS) is 12.5. The van der Waals surface area contributed by atoms with Crippen LogP contribution < -0.4 is 5.32 Å². The van der Waals surface area contributed by atoms with Gasteiger partial charge in [0.1, 0.15) is 0 Å².